The van der Waals surface area contributed by atoms with Gasteiger partial charge in [0.15, 0.2) is 0 Å². The van der Waals surface area contributed by atoms with Gasteiger partial charge in [0, 0.05) is 12.2 Å². The summed E-state index contributed by atoms with van der Waals surface area (Å²) < 4.78 is 28.4. The molecule has 0 heterocycles. The first kappa shape index (κ1) is 23.7. The molecule has 6 heteroatoms. The number of nitrogens with one attached hydrogen (secondary N) is 1. The summed E-state index contributed by atoms with van der Waals surface area (Å²) in [5.41, 5.74) is 5.19. The van der Waals surface area contributed by atoms with Crippen LogP contribution < -0.4 is 5.32 Å². The predicted molar refractivity (Wildman–Crippen MR) is 129 cm³/mol. The standard InChI is InChI=1S/C26H30N2O3S/c1-19-10-12-21(3)24(16-19)27-26(29)18-28(15-14-23-8-6-5-7-9-23)32(30,31)25-17-20(2)11-13-22(25)4/h5-13,16-17H,14-15,18H2,1-4H3,(H,27,29). The number of amides is 1. The molecule has 3 aromatic carbocycles. The van der Waals surface area contributed by atoms with E-state index in [1.54, 1.807) is 19.1 Å². The summed E-state index contributed by atoms with van der Waals surface area (Å²) in [7, 11) is -3.86. The van der Waals surface area contributed by atoms with Crippen LogP contribution in [-0.2, 0) is 21.2 Å². The minimum absolute atomic E-state index is 0.208. The molecule has 0 bridgehead atoms. The summed E-state index contributed by atoms with van der Waals surface area (Å²) in [6.07, 6.45) is 0.516. The van der Waals surface area contributed by atoms with Crippen LogP contribution >= 0.6 is 0 Å². The van der Waals surface area contributed by atoms with E-state index in [9.17, 15) is 13.2 Å². The maximum atomic E-state index is 13.6. The van der Waals surface area contributed by atoms with Crippen molar-refractivity contribution in [3.05, 3.63) is 94.5 Å². The first-order valence-corrected chi connectivity index (χ1v) is 12.1. The van der Waals surface area contributed by atoms with E-state index < -0.39 is 10.0 Å². The number of carbonyl (C=O) groups is 1. The summed E-state index contributed by atoms with van der Waals surface area (Å²) in [6.45, 7) is 7.45. The summed E-state index contributed by atoms with van der Waals surface area (Å²) in [6, 6.07) is 20.8. The van der Waals surface area contributed by atoms with Crippen molar-refractivity contribution in [2.24, 2.45) is 0 Å². The number of aryl methyl sites for hydroxylation is 4. The van der Waals surface area contributed by atoms with Gasteiger partial charge in [0.1, 0.15) is 0 Å². The molecule has 0 radical (unpaired) electrons. The van der Waals surface area contributed by atoms with Gasteiger partial charge in [0.05, 0.1) is 11.4 Å². The minimum Gasteiger partial charge on any atom is -0.325 e. The molecule has 0 saturated heterocycles. The monoisotopic (exact) mass is 450 g/mol. The molecule has 1 amide bonds. The van der Waals surface area contributed by atoms with E-state index in [1.807, 2.05) is 75.4 Å². The number of rotatable bonds is 8. The minimum atomic E-state index is -3.86. The molecule has 3 rings (SSSR count). The van der Waals surface area contributed by atoms with Gasteiger partial charge in [-0.15, -0.1) is 0 Å². The smallest absolute Gasteiger partial charge is 0.243 e. The Morgan fingerprint density at radius 2 is 1.47 bits per heavy atom. The molecular weight excluding hydrogens is 420 g/mol. The van der Waals surface area contributed by atoms with E-state index in [-0.39, 0.29) is 23.9 Å². The fraction of sp³-hybridized carbons (Fsp3) is 0.269. The molecule has 0 unspecified atom stereocenters. The summed E-state index contributed by atoms with van der Waals surface area (Å²) in [5, 5.41) is 2.88. The Kier molecular flexibility index (Phi) is 7.48. The molecule has 0 aliphatic rings. The Hall–Kier alpha value is -2.96. The summed E-state index contributed by atoms with van der Waals surface area (Å²) in [4.78, 5) is 13.2. The molecule has 168 valence electrons. The lowest BCUT2D eigenvalue weighted by Crippen LogP contribution is -2.39. The van der Waals surface area contributed by atoms with Gasteiger partial charge in [-0.25, -0.2) is 8.42 Å². The number of hydrogen-bond donors (Lipinski definition) is 1. The van der Waals surface area contributed by atoms with Gasteiger partial charge in [0.25, 0.3) is 0 Å². The third-order valence-electron chi connectivity index (χ3n) is 5.44. The third-order valence-corrected chi connectivity index (χ3v) is 7.43. The molecule has 0 atom stereocenters. The predicted octanol–water partition coefficient (Wildman–Crippen LogP) is 4.79. The van der Waals surface area contributed by atoms with Crippen LogP contribution in [0.5, 0.6) is 0 Å². The molecule has 0 fully saturated rings. The summed E-state index contributed by atoms with van der Waals surface area (Å²) in [5.74, 6) is -0.361. The second-order valence-corrected chi connectivity index (χ2v) is 10.1. The van der Waals surface area contributed by atoms with Gasteiger partial charge in [-0.1, -0.05) is 54.6 Å². The highest BCUT2D eigenvalue weighted by molar-refractivity contribution is 7.89. The highest BCUT2D eigenvalue weighted by Gasteiger charge is 2.28. The number of sulfonamides is 1. The topological polar surface area (TPSA) is 66.5 Å². The van der Waals surface area contributed by atoms with Gasteiger partial charge in [-0.05, 0) is 74.1 Å². The molecule has 3 aromatic rings. The highest BCUT2D eigenvalue weighted by Crippen LogP contribution is 2.22. The van der Waals surface area contributed by atoms with E-state index in [1.165, 1.54) is 4.31 Å². The van der Waals surface area contributed by atoms with Gasteiger partial charge in [-0.3, -0.25) is 4.79 Å². The first-order chi connectivity index (χ1) is 15.2. The van der Waals surface area contributed by atoms with Gasteiger partial charge in [-0.2, -0.15) is 4.31 Å². The number of carbonyl (C=O) groups excluding carboxylic acids is 1. The van der Waals surface area contributed by atoms with Crippen LogP contribution in [0.4, 0.5) is 5.69 Å². The Morgan fingerprint density at radius 1 is 0.844 bits per heavy atom. The largest absolute Gasteiger partial charge is 0.325 e. The number of anilines is 1. The average Bonchev–Trinajstić information content (AvgIpc) is 2.76. The van der Waals surface area contributed by atoms with Crippen molar-refractivity contribution in [1.29, 1.82) is 0 Å². The number of hydrogen-bond acceptors (Lipinski definition) is 3. The number of nitrogens with zero attached hydrogens (tertiary/aromatic N) is 1. The Morgan fingerprint density at radius 3 is 2.16 bits per heavy atom. The van der Waals surface area contributed by atoms with Crippen LogP contribution in [0, 0.1) is 27.7 Å². The van der Waals surface area contributed by atoms with Crippen molar-refractivity contribution in [1.82, 2.24) is 4.31 Å². The maximum absolute atomic E-state index is 13.6. The van der Waals surface area contributed by atoms with Crippen LogP contribution in [0.1, 0.15) is 27.8 Å². The van der Waals surface area contributed by atoms with Crippen molar-refractivity contribution in [3.8, 4) is 0 Å². The summed E-state index contributed by atoms with van der Waals surface area (Å²) >= 11 is 0. The molecule has 5 nitrogen and oxygen atoms in total. The van der Waals surface area contributed by atoms with Crippen LogP contribution in [0.25, 0.3) is 0 Å². The van der Waals surface area contributed by atoms with Gasteiger partial charge >= 0.3 is 0 Å². The quantitative estimate of drug-likeness (QED) is 0.536. The Labute approximate surface area is 191 Å². The Balaban J connectivity index is 1.88. The number of benzene rings is 3. The molecule has 0 aliphatic carbocycles. The molecular formula is C26H30N2O3S. The van der Waals surface area contributed by atoms with Crippen molar-refractivity contribution in [2.45, 2.75) is 39.0 Å². The van der Waals surface area contributed by atoms with Crippen LogP contribution in [0.3, 0.4) is 0 Å². The lowest BCUT2D eigenvalue weighted by Gasteiger charge is -2.23. The third kappa shape index (κ3) is 5.84. The SMILES string of the molecule is Cc1ccc(C)c(NC(=O)CN(CCc2ccccc2)S(=O)(=O)c2cc(C)ccc2C)c1. The van der Waals surface area contributed by atoms with E-state index >= 15 is 0 Å². The second kappa shape index (κ2) is 10.1. The lowest BCUT2D eigenvalue weighted by molar-refractivity contribution is -0.116. The van der Waals surface area contributed by atoms with E-state index in [4.69, 9.17) is 0 Å². The van der Waals surface area contributed by atoms with Gasteiger partial charge < -0.3 is 5.32 Å². The molecule has 1 N–H and O–H groups in total. The zero-order valence-electron chi connectivity index (χ0n) is 19.1. The zero-order chi connectivity index (χ0) is 23.3. The second-order valence-electron chi connectivity index (χ2n) is 8.21. The van der Waals surface area contributed by atoms with E-state index in [0.717, 1.165) is 22.3 Å². The lowest BCUT2D eigenvalue weighted by atomic mass is 10.1. The average molecular weight is 451 g/mol. The maximum Gasteiger partial charge on any atom is 0.243 e. The van der Waals surface area contributed by atoms with Crippen LogP contribution in [0.2, 0.25) is 0 Å². The molecule has 0 spiro atoms. The van der Waals surface area contributed by atoms with Crippen molar-refractivity contribution < 1.29 is 13.2 Å². The molecule has 32 heavy (non-hydrogen) atoms. The fourth-order valence-corrected chi connectivity index (χ4v) is 5.23. The fourth-order valence-electron chi connectivity index (χ4n) is 3.53. The highest BCUT2D eigenvalue weighted by atomic mass is 32.2. The molecule has 0 aliphatic heterocycles. The normalized spacial score (nSPS) is 11.5. The molecule has 0 saturated carbocycles. The van der Waals surface area contributed by atoms with E-state index in [0.29, 0.717) is 17.7 Å². The van der Waals surface area contributed by atoms with Crippen molar-refractivity contribution in [2.75, 3.05) is 18.4 Å². The van der Waals surface area contributed by atoms with Gasteiger partial charge in [0.2, 0.25) is 15.9 Å². The van der Waals surface area contributed by atoms with Crippen LogP contribution in [-0.4, -0.2) is 31.7 Å². The molecule has 0 aromatic heterocycles. The van der Waals surface area contributed by atoms with E-state index in [2.05, 4.69) is 5.32 Å². The first-order valence-electron chi connectivity index (χ1n) is 10.7. The van der Waals surface area contributed by atoms with Crippen molar-refractivity contribution >= 4 is 21.6 Å². The van der Waals surface area contributed by atoms with Crippen LogP contribution in [0.15, 0.2) is 71.6 Å². The Bertz CT molecular complexity index is 1200. The zero-order valence-corrected chi connectivity index (χ0v) is 19.9. The van der Waals surface area contributed by atoms with Crippen molar-refractivity contribution in [3.63, 3.8) is 0 Å².